The number of benzodiazepines with no additional fused rings is 1. The maximum atomic E-state index is 14.3. The van der Waals surface area contributed by atoms with E-state index in [1.165, 1.54) is 11.3 Å². The van der Waals surface area contributed by atoms with E-state index in [1.807, 2.05) is 24.4 Å². The summed E-state index contributed by atoms with van der Waals surface area (Å²) in [5.41, 5.74) is 8.85. The first-order valence-corrected chi connectivity index (χ1v) is 13.7. The van der Waals surface area contributed by atoms with Crippen molar-refractivity contribution in [2.24, 2.45) is 22.6 Å². The molecule has 6 nitrogen and oxygen atoms in total. The normalized spacial score (nSPS) is 26.4. The number of carbonyl (C=O) groups excluding carboxylic acids is 1. The second kappa shape index (κ2) is 9.51. The number of fused-ring (bicyclic) bond motifs is 1. The van der Waals surface area contributed by atoms with E-state index in [2.05, 4.69) is 28.9 Å². The Morgan fingerprint density at radius 3 is 2.71 bits per heavy atom. The molecule has 34 heavy (non-hydrogen) atoms. The molecular formula is C27H36N4O2S. The molecule has 2 fully saturated rings. The number of benzene rings is 1. The Labute approximate surface area is 206 Å². The number of anilines is 1. The Morgan fingerprint density at radius 2 is 2.06 bits per heavy atom. The number of rotatable bonds is 10. The van der Waals surface area contributed by atoms with Crippen LogP contribution in [-0.4, -0.2) is 45.4 Å². The van der Waals surface area contributed by atoms with E-state index in [4.69, 9.17) is 10.7 Å². The summed E-state index contributed by atoms with van der Waals surface area (Å²) >= 11 is 1.53. The number of carbonyl (C=O) groups is 1. The first-order valence-electron chi connectivity index (χ1n) is 12.8. The number of hydrogen-bond donors (Lipinski definition) is 2. The Balaban J connectivity index is 1.60. The quantitative estimate of drug-likeness (QED) is 0.521. The lowest BCUT2D eigenvalue weighted by Gasteiger charge is -2.43. The standard InChI is InChI=1S/C27H36N4O2S/c1-3-4-9-22(32)20(16-17-10-11-17)24(33)25-27(2,28)31(18-12-13-18)21-8-6-5-7-19(21)23(30-25)26-29-14-15-34-26/h5-8,14-15,17-18,20,22,25,32H,3-4,9-13,16,28H2,1-2H3. The molecular weight excluding hydrogens is 444 g/mol. The maximum absolute atomic E-state index is 14.3. The lowest BCUT2D eigenvalue weighted by atomic mass is 9.82. The number of hydrogen-bond acceptors (Lipinski definition) is 7. The van der Waals surface area contributed by atoms with Crippen molar-refractivity contribution in [1.82, 2.24) is 4.98 Å². The minimum atomic E-state index is -1.00. The molecule has 3 N–H and O–H groups in total. The summed E-state index contributed by atoms with van der Waals surface area (Å²) in [6, 6.07) is 7.70. The van der Waals surface area contributed by atoms with Crippen LogP contribution in [0.3, 0.4) is 0 Å². The first-order chi connectivity index (χ1) is 16.4. The Kier molecular flexibility index (Phi) is 6.62. The van der Waals surface area contributed by atoms with Crippen molar-refractivity contribution in [3.63, 3.8) is 0 Å². The zero-order chi connectivity index (χ0) is 23.9. The number of aliphatic hydroxyl groups excluding tert-OH is 1. The molecule has 0 radical (unpaired) electrons. The molecule has 4 atom stereocenters. The molecule has 2 heterocycles. The van der Waals surface area contributed by atoms with Gasteiger partial charge in [-0.05, 0) is 44.6 Å². The van der Waals surface area contributed by atoms with Crippen molar-refractivity contribution in [3.05, 3.63) is 46.4 Å². The summed E-state index contributed by atoms with van der Waals surface area (Å²) in [5.74, 6) is 0.0719. The second-order valence-corrected chi connectivity index (χ2v) is 11.4. The summed E-state index contributed by atoms with van der Waals surface area (Å²) in [4.78, 5) is 26.2. The van der Waals surface area contributed by atoms with E-state index in [0.717, 1.165) is 66.9 Å². The Morgan fingerprint density at radius 1 is 1.29 bits per heavy atom. The fourth-order valence-electron chi connectivity index (χ4n) is 5.38. The van der Waals surface area contributed by atoms with Gasteiger partial charge < -0.3 is 15.7 Å². The number of aromatic nitrogens is 1. The third-order valence-corrected chi connectivity index (χ3v) is 8.31. The van der Waals surface area contributed by atoms with E-state index < -0.39 is 23.7 Å². The first kappa shape index (κ1) is 23.6. The maximum Gasteiger partial charge on any atom is 0.166 e. The molecule has 0 amide bonds. The fraction of sp³-hybridized carbons (Fsp3) is 0.593. The molecule has 0 spiro atoms. The van der Waals surface area contributed by atoms with Crippen LogP contribution in [0, 0.1) is 11.8 Å². The molecule has 7 heteroatoms. The molecule has 5 rings (SSSR count). The fourth-order valence-corrected chi connectivity index (χ4v) is 6.03. The van der Waals surface area contributed by atoms with Crippen LogP contribution in [0.15, 0.2) is 40.8 Å². The number of para-hydroxylation sites is 1. The van der Waals surface area contributed by atoms with Crippen LogP contribution in [0.25, 0.3) is 0 Å². The lowest BCUT2D eigenvalue weighted by Crippen LogP contribution is -2.65. The summed E-state index contributed by atoms with van der Waals surface area (Å²) in [6.07, 6.45) is 8.80. The number of unbranched alkanes of at least 4 members (excludes halogenated alkanes) is 1. The molecule has 2 aromatic rings. The number of Topliss-reactive ketones (excluding diaryl/α,β-unsaturated/α-hetero) is 1. The zero-order valence-corrected chi connectivity index (χ0v) is 21.0. The smallest absolute Gasteiger partial charge is 0.166 e. The summed E-state index contributed by atoms with van der Waals surface area (Å²) in [5, 5.41) is 13.9. The van der Waals surface area contributed by atoms with Gasteiger partial charge in [-0.1, -0.05) is 50.8 Å². The van der Waals surface area contributed by atoms with Crippen molar-refractivity contribution < 1.29 is 9.90 Å². The number of aliphatic hydroxyl groups is 1. The third-order valence-electron chi connectivity index (χ3n) is 7.53. The van der Waals surface area contributed by atoms with E-state index in [-0.39, 0.29) is 5.78 Å². The predicted octanol–water partition coefficient (Wildman–Crippen LogP) is 4.54. The Bertz CT molecular complexity index is 1040. The molecule has 2 saturated carbocycles. The van der Waals surface area contributed by atoms with Gasteiger partial charge in [0.25, 0.3) is 0 Å². The summed E-state index contributed by atoms with van der Waals surface area (Å²) in [6.45, 7) is 4.06. The van der Waals surface area contributed by atoms with Gasteiger partial charge in [-0.25, -0.2) is 4.98 Å². The molecule has 0 saturated heterocycles. The minimum Gasteiger partial charge on any atom is -0.392 e. The van der Waals surface area contributed by atoms with Crippen LogP contribution in [-0.2, 0) is 4.79 Å². The van der Waals surface area contributed by atoms with Crippen molar-refractivity contribution >= 4 is 28.5 Å². The lowest BCUT2D eigenvalue weighted by molar-refractivity contribution is -0.129. The highest BCUT2D eigenvalue weighted by Crippen LogP contribution is 2.44. The average Bonchev–Trinajstić information content (AvgIpc) is 3.76. The van der Waals surface area contributed by atoms with Gasteiger partial charge in [-0.2, -0.15) is 0 Å². The van der Waals surface area contributed by atoms with Crippen LogP contribution < -0.4 is 10.6 Å². The highest BCUT2D eigenvalue weighted by atomic mass is 32.1. The molecule has 2 aliphatic carbocycles. The Hall–Kier alpha value is -2.09. The summed E-state index contributed by atoms with van der Waals surface area (Å²) < 4.78 is 0. The number of nitrogens with zero attached hydrogens (tertiary/aromatic N) is 3. The SMILES string of the molecule is CCCCC(O)C(CC1CC1)C(=O)C1N=C(c2nccs2)c2ccccc2N(C2CC2)C1(C)N. The average molecular weight is 481 g/mol. The number of aliphatic imine (C=N–C) groups is 1. The van der Waals surface area contributed by atoms with Gasteiger partial charge in [-0.15, -0.1) is 11.3 Å². The van der Waals surface area contributed by atoms with E-state index in [0.29, 0.717) is 18.4 Å². The highest BCUT2D eigenvalue weighted by Gasteiger charge is 2.51. The molecule has 4 unspecified atom stereocenters. The van der Waals surface area contributed by atoms with Crippen LogP contribution >= 0.6 is 11.3 Å². The highest BCUT2D eigenvalue weighted by molar-refractivity contribution is 7.11. The molecule has 1 aromatic carbocycles. The van der Waals surface area contributed by atoms with Crippen LogP contribution in [0.1, 0.15) is 75.8 Å². The molecule has 0 bridgehead atoms. The molecule has 3 aliphatic rings. The van der Waals surface area contributed by atoms with Crippen LogP contribution in [0.4, 0.5) is 5.69 Å². The number of ketones is 1. The topological polar surface area (TPSA) is 91.8 Å². The van der Waals surface area contributed by atoms with Gasteiger partial charge in [0.15, 0.2) is 5.78 Å². The van der Waals surface area contributed by atoms with Gasteiger partial charge in [0, 0.05) is 34.8 Å². The van der Waals surface area contributed by atoms with E-state index in [9.17, 15) is 9.90 Å². The number of thiazole rings is 1. The van der Waals surface area contributed by atoms with Crippen molar-refractivity contribution in [2.45, 2.75) is 89.1 Å². The van der Waals surface area contributed by atoms with Crippen LogP contribution in [0.2, 0.25) is 0 Å². The van der Waals surface area contributed by atoms with Crippen LogP contribution in [0.5, 0.6) is 0 Å². The van der Waals surface area contributed by atoms with E-state index >= 15 is 0 Å². The van der Waals surface area contributed by atoms with Gasteiger partial charge in [-0.3, -0.25) is 9.79 Å². The van der Waals surface area contributed by atoms with Gasteiger partial charge in [0.05, 0.1) is 6.10 Å². The van der Waals surface area contributed by atoms with Crippen molar-refractivity contribution in [1.29, 1.82) is 0 Å². The second-order valence-electron chi connectivity index (χ2n) is 10.5. The monoisotopic (exact) mass is 480 g/mol. The van der Waals surface area contributed by atoms with Gasteiger partial charge >= 0.3 is 0 Å². The zero-order valence-electron chi connectivity index (χ0n) is 20.2. The van der Waals surface area contributed by atoms with Gasteiger partial charge in [0.2, 0.25) is 0 Å². The largest absolute Gasteiger partial charge is 0.392 e. The minimum absolute atomic E-state index is 0.0204. The van der Waals surface area contributed by atoms with Gasteiger partial charge in [0.1, 0.15) is 22.4 Å². The molecule has 182 valence electrons. The predicted molar refractivity (Wildman–Crippen MR) is 137 cm³/mol. The van der Waals surface area contributed by atoms with Crippen molar-refractivity contribution in [2.75, 3.05) is 4.90 Å². The van der Waals surface area contributed by atoms with Crippen molar-refractivity contribution in [3.8, 4) is 0 Å². The number of nitrogens with two attached hydrogens (primary N) is 1. The van der Waals surface area contributed by atoms with E-state index in [1.54, 1.807) is 6.20 Å². The summed E-state index contributed by atoms with van der Waals surface area (Å²) in [7, 11) is 0. The molecule has 1 aromatic heterocycles. The molecule has 1 aliphatic heterocycles. The third kappa shape index (κ3) is 4.58.